The zero-order chi connectivity index (χ0) is 20.0. The van der Waals surface area contributed by atoms with Crippen molar-refractivity contribution < 1.29 is 18.8 Å². The van der Waals surface area contributed by atoms with E-state index in [1.165, 1.54) is 6.08 Å². The minimum atomic E-state index is -0.733. The molecule has 2 aromatic heterocycles. The van der Waals surface area contributed by atoms with Crippen molar-refractivity contribution in [2.75, 3.05) is 13.7 Å². The lowest BCUT2D eigenvalue weighted by atomic mass is 10.1. The van der Waals surface area contributed by atoms with Crippen LogP contribution in [0.15, 0.2) is 16.2 Å². The molecule has 0 unspecified atom stereocenters. The first-order valence-electron chi connectivity index (χ1n) is 8.64. The zero-order valence-corrected chi connectivity index (χ0v) is 16.3. The van der Waals surface area contributed by atoms with E-state index in [-0.39, 0.29) is 24.0 Å². The van der Waals surface area contributed by atoms with Gasteiger partial charge in [-0.05, 0) is 31.6 Å². The fourth-order valence-electron chi connectivity index (χ4n) is 2.56. The quantitative estimate of drug-likeness (QED) is 0.399. The molecule has 0 radical (unpaired) electrons. The first-order valence-corrected chi connectivity index (χ1v) is 8.64. The Morgan fingerprint density at radius 3 is 2.78 bits per heavy atom. The van der Waals surface area contributed by atoms with Gasteiger partial charge in [-0.25, -0.2) is 4.79 Å². The van der Waals surface area contributed by atoms with Crippen LogP contribution in [-0.2, 0) is 27.4 Å². The normalized spacial score (nSPS) is 11.7. The molecule has 0 aliphatic carbocycles. The Balaban J connectivity index is 2.11. The molecule has 2 heterocycles. The van der Waals surface area contributed by atoms with E-state index in [4.69, 9.17) is 14.0 Å². The molecule has 0 spiro atoms. The molecule has 0 bridgehead atoms. The lowest BCUT2D eigenvalue weighted by Gasteiger charge is -2.08. The van der Waals surface area contributed by atoms with Crippen LogP contribution >= 0.6 is 0 Å². The summed E-state index contributed by atoms with van der Waals surface area (Å²) < 4.78 is 17.3. The van der Waals surface area contributed by atoms with Crippen molar-refractivity contribution in [1.29, 1.82) is 5.26 Å². The fraction of sp³-hybridized carbons (Fsp3) is 0.474. The van der Waals surface area contributed by atoms with Crippen LogP contribution in [0, 0.1) is 25.2 Å². The van der Waals surface area contributed by atoms with Crippen LogP contribution in [0.1, 0.15) is 48.4 Å². The highest BCUT2D eigenvalue weighted by molar-refractivity contribution is 5.98. The van der Waals surface area contributed by atoms with Gasteiger partial charge in [0.1, 0.15) is 11.6 Å². The molecule has 2 rings (SSSR count). The topological polar surface area (TPSA) is 103 Å². The number of rotatable bonds is 8. The van der Waals surface area contributed by atoms with Gasteiger partial charge in [0.25, 0.3) is 5.89 Å². The maximum absolute atomic E-state index is 12.2. The van der Waals surface area contributed by atoms with Crippen molar-refractivity contribution in [2.45, 2.75) is 46.8 Å². The maximum atomic E-state index is 12.2. The molecule has 0 saturated heterocycles. The standard InChI is InChI=1S/C19H24N4O4/c1-12(2)18-21-17(27-22-18)11-26-19(24)16(10-20)9-15-8-13(3)23(14(15)4)6-7-25-5/h8-9,12H,6-7,11H2,1-5H3/b16-9+. The predicted octanol–water partition coefficient (Wildman–Crippen LogP) is 2.91. The van der Waals surface area contributed by atoms with Crippen LogP contribution in [0.3, 0.4) is 0 Å². The van der Waals surface area contributed by atoms with Gasteiger partial charge >= 0.3 is 5.97 Å². The Morgan fingerprint density at radius 2 is 2.19 bits per heavy atom. The average molecular weight is 372 g/mol. The van der Waals surface area contributed by atoms with Gasteiger partial charge in [0, 0.05) is 31.0 Å². The summed E-state index contributed by atoms with van der Waals surface area (Å²) in [5, 5.41) is 13.1. The summed E-state index contributed by atoms with van der Waals surface area (Å²) in [7, 11) is 1.65. The van der Waals surface area contributed by atoms with Gasteiger partial charge in [-0.1, -0.05) is 19.0 Å². The number of aryl methyl sites for hydroxylation is 1. The molecule has 0 aromatic carbocycles. The molecular formula is C19H24N4O4. The van der Waals surface area contributed by atoms with E-state index in [2.05, 4.69) is 14.7 Å². The number of esters is 1. The van der Waals surface area contributed by atoms with Crippen molar-refractivity contribution in [2.24, 2.45) is 0 Å². The highest BCUT2D eigenvalue weighted by Crippen LogP contribution is 2.19. The minimum Gasteiger partial charge on any atom is -0.451 e. The zero-order valence-electron chi connectivity index (χ0n) is 16.3. The molecule has 0 atom stereocenters. The van der Waals surface area contributed by atoms with E-state index in [1.54, 1.807) is 7.11 Å². The van der Waals surface area contributed by atoms with Crippen LogP contribution < -0.4 is 0 Å². The largest absolute Gasteiger partial charge is 0.451 e. The van der Waals surface area contributed by atoms with E-state index < -0.39 is 5.97 Å². The third kappa shape index (κ3) is 5.05. The number of methoxy groups -OCH3 is 1. The van der Waals surface area contributed by atoms with Gasteiger partial charge in [-0.15, -0.1) is 0 Å². The second-order valence-corrected chi connectivity index (χ2v) is 6.42. The van der Waals surface area contributed by atoms with Crippen LogP contribution in [0.2, 0.25) is 0 Å². The Hall–Kier alpha value is -2.92. The maximum Gasteiger partial charge on any atom is 0.349 e. The summed E-state index contributed by atoms with van der Waals surface area (Å²) in [6, 6.07) is 3.81. The average Bonchev–Trinajstić information content (AvgIpc) is 3.21. The molecule has 8 nitrogen and oxygen atoms in total. The predicted molar refractivity (Wildman–Crippen MR) is 97.6 cm³/mol. The number of nitriles is 1. The van der Waals surface area contributed by atoms with Crippen LogP contribution in [-0.4, -0.2) is 34.4 Å². The van der Waals surface area contributed by atoms with Gasteiger partial charge in [-0.2, -0.15) is 10.2 Å². The number of nitrogens with zero attached hydrogens (tertiary/aromatic N) is 4. The summed E-state index contributed by atoms with van der Waals surface area (Å²) in [6.45, 7) is 8.86. The van der Waals surface area contributed by atoms with Crippen molar-refractivity contribution >= 4 is 12.0 Å². The van der Waals surface area contributed by atoms with Gasteiger partial charge in [-0.3, -0.25) is 0 Å². The SMILES string of the molecule is COCCn1c(C)cc(/C=C(\C#N)C(=O)OCc2nc(C(C)C)no2)c1C. The Morgan fingerprint density at radius 1 is 1.44 bits per heavy atom. The van der Waals surface area contributed by atoms with E-state index in [9.17, 15) is 10.1 Å². The lowest BCUT2D eigenvalue weighted by Crippen LogP contribution is -2.08. The summed E-state index contributed by atoms with van der Waals surface area (Å²) >= 11 is 0. The van der Waals surface area contributed by atoms with Crippen molar-refractivity contribution in [3.63, 3.8) is 0 Å². The summed E-state index contributed by atoms with van der Waals surface area (Å²) in [4.78, 5) is 16.4. The number of carbonyl (C=O) groups is 1. The number of aromatic nitrogens is 3. The molecule has 0 saturated carbocycles. The second kappa shape index (κ2) is 9.14. The minimum absolute atomic E-state index is 0.0920. The number of ether oxygens (including phenoxy) is 2. The number of hydrogen-bond donors (Lipinski definition) is 0. The molecular weight excluding hydrogens is 348 g/mol. The number of hydrogen-bond acceptors (Lipinski definition) is 7. The fourth-order valence-corrected chi connectivity index (χ4v) is 2.56. The molecule has 0 amide bonds. The Bertz CT molecular complexity index is 871. The van der Waals surface area contributed by atoms with E-state index in [1.807, 2.05) is 39.8 Å². The Kier molecular flexibility index (Phi) is 6.91. The van der Waals surface area contributed by atoms with E-state index in [0.29, 0.717) is 19.0 Å². The van der Waals surface area contributed by atoms with Crippen LogP contribution in [0.4, 0.5) is 0 Å². The molecule has 144 valence electrons. The first kappa shape index (κ1) is 20.4. The lowest BCUT2D eigenvalue weighted by molar-refractivity contribution is -0.140. The van der Waals surface area contributed by atoms with Crippen LogP contribution in [0.25, 0.3) is 6.08 Å². The summed E-state index contributed by atoms with van der Waals surface area (Å²) in [6.07, 6.45) is 1.53. The second-order valence-electron chi connectivity index (χ2n) is 6.42. The third-order valence-corrected chi connectivity index (χ3v) is 4.10. The highest BCUT2D eigenvalue weighted by atomic mass is 16.6. The molecule has 27 heavy (non-hydrogen) atoms. The van der Waals surface area contributed by atoms with Gasteiger partial charge in [0.05, 0.1) is 6.61 Å². The third-order valence-electron chi connectivity index (χ3n) is 4.10. The van der Waals surface area contributed by atoms with Gasteiger partial charge in [0.2, 0.25) is 0 Å². The molecule has 8 heteroatoms. The Labute approximate surface area is 158 Å². The molecule has 0 N–H and O–H groups in total. The van der Waals surface area contributed by atoms with Crippen LogP contribution in [0.5, 0.6) is 0 Å². The molecule has 0 aliphatic rings. The summed E-state index contributed by atoms with van der Waals surface area (Å²) in [5.74, 6) is 0.118. The first-order chi connectivity index (χ1) is 12.9. The van der Waals surface area contributed by atoms with Crippen molar-refractivity contribution in [3.05, 3.63) is 40.3 Å². The summed E-state index contributed by atoms with van der Waals surface area (Å²) in [5.41, 5.74) is 2.67. The molecule has 2 aromatic rings. The number of carbonyl (C=O) groups excluding carboxylic acids is 1. The molecule has 0 aliphatic heterocycles. The van der Waals surface area contributed by atoms with Crippen molar-refractivity contribution in [1.82, 2.24) is 14.7 Å². The van der Waals surface area contributed by atoms with Gasteiger partial charge in [0.15, 0.2) is 12.4 Å². The highest BCUT2D eigenvalue weighted by Gasteiger charge is 2.16. The monoisotopic (exact) mass is 372 g/mol. The molecule has 0 fully saturated rings. The smallest absolute Gasteiger partial charge is 0.349 e. The van der Waals surface area contributed by atoms with Gasteiger partial charge < -0.3 is 18.6 Å². The van der Waals surface area contributed by atoms with E-state index in [0.717, 1.165) is 17.0 Å². The van der Waals surface area contributed by atoms with Crippen molar-refractivity contribution in [3.8, 4) is 6.07 Å². The van der Waals surface area contributed by atoms with E-state index >= 15 is 0 Å².